The molecule has 0 bridgehead atoms. The van der Waals surface area contributed by atoms with Gasteiger partial charge in [-0.3, -0.25) is 14.4 Å². The topological polar surface area (TPSA) is 107 Å². The third-order valence-electron chi connectivity index (χ3n) is 2.96. The predicted molar refractivity (Wildman–Crippen MR) is 79.5 cm³/mol. The summed E-state index contributed by atoms with van der Waals surface area (Å²) in [6.45, 7) is 0. The Hall–Kier alpha value is -2.61. The molecular formula is C13H13N3O4S. The van der Waals surface area contributed by atoms with Crippen molar-refractivity contribution in [3.05, 3.63) is 58.6 Å². The van der Waals surface area contributed by atoms with Gasteiger partial charge in [0.1, 0.15) is 0 Å². The average molecular weight is 307 g/mol. The molecule has 0 aliphatic carbocycles. The minimum Gasteiger partial charge on any atom is -0.399 e. The van der Waals surface area contributed by atoms with Crippen molar-refractivity contribution >= 4 is 27.1 Å². The standard InChI is InChI=1S/C13H13N3O4S/c1-15(11-4-6-12(7-5-11)16(17)18)21(19,20)13-8-2-10(14)3-9-13/h2-9H,14H2,1H3. The molecule has 0 amide bonds. The molecule has 0 atom stereocenters. The Morgan fingerprint density at radius 1 is 1.05 bits per heavy atom. The molecule has 0 saturated heterocycles. The van der Waals surface area contributed by atoms with E-state index in [2.05, 4.69) is 0 Å². The van der Waals surface area contributed by atoms with Crippen LogP contribution in [0.3, 0.4) is 0 Å². The monoisotopic (exact) mass is 307 g/mol. The lowest BCUT2D eigenvalue weighted by atomic mass is 10.3. The molecule has 0 fully saturated rings. The Morgan fingerprint density at radius 3 is 2.05 bits per heavy atom. The Kier molecular flexibility index (Phi) is 3.81. The van der Waals surface area contributed by atoms with E-state index in [1.54, 1.807) is 0 Å². The molecule has 0 unspecified atom stereocenters. The van der Waals surface area contributed by atoms with Crippen LogP contribution in [0.4, 0.5) is 17.1 Å². The highest BCUT2D eigenvalue weighted by atomic mass is 32.2. The Balaban J connectivity index is 2.35. The Bertz CT molecular complexity index is 755. The lowest BCUT2D eigenvalue weighted by Gasteiger charge is -2.19. The summed E-state index contributed by atoms with van der Waals surface area (Å²) in [6, 6.07) is 11.1. The van der Waals surface area contributed by atoms with E-state index in [-0.39, 0.29) is 10.6 Å². The van der Waals surface area contributed by atoms with Gasteiger partial charge in [0.2, 0.25) is 0 Å². The highest BCUT2D eigenvalue weighted by molar-refractivity contribution is 7.92. The lowest BCUT2D eigenvalue weighted by molar-refractivity contribution is -0.384. The number of benzene rings is 2. The largest absolute Gasteiger partial charge is 0.399 e. The van der Waals surface area contributed by atoms with Crippen molar-refractivity contribution in [2.24, 2.45) is 0 Å². The van der Waals surface area contributed by atoms with Crippen LogP contribution in [-0.2, 0) is 10.0 Å². The molecule has 2 rings (SSSR count). The molecular weight excluding hydrogens is 294 g/mol. The summed E-state index contributed by atoms with van der Waals surface area (Å²) >= 11 is 0. The van der Waals surface area contributed by atoms with Crippen LogP contribution in [0.1, 0.15) is 0 Å². The van der Waals surface area contributed by atoms with Gasteiger partial charge in [0.15, 0.2) is 0 Å². The van der Waals surface area contributed by atoms with Gasteiger partial charge >= 0.3 is 0 Å². The highest BCUT2D eigenvalue weighted by Gasteiger charge is 2.21. The first-order chi connectivity index (χ1) is 9.82. The molecule has 2 aromatic carbocycles. The Morgan fingerprint density at radius 2 is 1.57 bits per heavy atom. The van der Waals surface area contributed by atoms with Crippen molar-refractivity contribution < 1.29 is 13.3 Å². The van der Waals surface area contributed by atoms with E-state index in [9.17, 15) is 18.5 Å². The summed E-state index contributed by atoms with van der Waals surface area (Å²) in [5, 5.41) is 10.6. The average Bonchev–Trinajstić information content (AvgIpc) is 2.47. The second-order valence-electron chi connectivity index (χ2n) is 4.32. The van der Waals surface area contributed by atoms with Crippen LogP contribution in [0, 0.1) is 10.1 Å². The third-order valence-corrected chi connectivity index (χ3v) is 4.76. The molecule has 0 saturated carbocycles. The van der Waals surface area contributed by atoms with E-state index in [1.807, 2.05) is 0 Å². The molecule has 110 valence electrons. The van der Waals surface area contributed by atoms with Crippen LogP contribution < -0.4 is 10.0 Å². The number of anilines is 2. The van der Waals surface area contributed by atoms with Crippen LogP contribution >= 0.6 is 0 Å². The minimum atomic E-state index is -3.73. The summed E-state index contributed by atoms with van der Waals surface area (Å²) in [7, 11) is -2.35. The number of rotatable bonds is 4. The summed E-state index contributed by atoms with van der Waals surface area (Å²) < 4.78 is 25.9. The molecule has 2 aromatic rings. The summed E-state index contributed by atoms with van der Waals surface area (Å²) in [5.41, 5.74) is 6.23. The number of hydrogen-bond donors (Lipinski definition) is 1. The smallest absolute Gasteiger partial charge is 0.269 e. The van der Waals surface area contributed by atoms with E-state index >= 15 is 0 Å². The van der Waals surface area contributed by atoms with Gasteiger partial charge in [0.05, 0.1) is 15.5 Å². The molecule has 8 heteroatoms. The van der Waals surface area contributed by atoms with E-state index in [0.29, 0.717) is 11.4 Å². The quantitative estimate of drug-likeness (QED) is 0.528. The molecule has 0 aromatic heterocycles. The van der Waals surface area contributed by atoms with Gasteiger partial charge in [-0.05, 0) is 36.4 Å². The number of nitrogen functional groups attached to an aromatic ring is 1. The van der Waals surface area contributed by atoms with Crippen LogP contribution in [0.25, 0.3) is 0 Å². The van der Waals surface area contributed by atoms with Gasteiger partial charge in [-0.15, -0.1) is 0 Å². The van der Waals surface area contributed by atoms with E-state index in [1.165, 1.54) is 55.6 Å². The number of nitro benzene ring substituents is 1. The normalized spacial score (nSPS) is 11.1. The molecule has 7 nitrogen and oxygen atoms in total. The van der Waals surface area contributed by atoms with E-state index in [0.717, 1.165) is 4.31 Å². The highest BCUT2D eigenvalue weighted by Crippen LogP contribution is 2.24. The number of nitrogens with zero attached hydrogens (tertiary/aromatic N) is 2. The van der Waals surface area contributed by atoms with Crippen molar-refractivity contribution in [3.8, 4) is 0 Å². The van der Waals surface area contributed by atoms with Crippen LogP contribution in [0.2, 0.25) is 0 Å². The maximum absolute atomic E-state index is 12.4. The zero-order valence-electron chi connectivity index (χ0n) is 11.1. The first-order valence-electron chi connectivity index (χ1n) is 5.91. The fraction of sp³-hybridized carbons (Fsp3) is 0.0769. The third kappa shape index (κ3) is 2.95. The zero-order chi connectivity index (χ0) is 15.6. The molecule has 21 heavy (non-hydrogen) atoms. The lowest BCUT2D eigenvalue weighted by Crippen LogP contribution is -2.26. The number of nitro groups is 1. The molecule has 0 aliphatic rings. The van der Waals surface area contributed by atoms with Gasteiger partial charge in [-0.25, -0.2) is 8.42 Å². The molecule has 0 aliphatic heterocycles. The fourth-order valence-electron chi connectivity index (χ4n) is 1.72. The molecule has 2 N–H and O–H groups in total. The van der Waals surface area contributed by atoms with Crippen LogP contribution in [-0.4, -0.2) is 20.4 Å². The van der Waals surface area contributed by atoms with Crippen molar-refractivity contribution in [3.63, 3.8) is 0 Å². The maximum atomic E-state index is 12.4. The van der Waals surface area contributed by atoms with E-state index in [4.69, 9.17) is 5.73 Å². The summed E-state index contributed by atoms with van der Waals surface area (Å²) in [5.74, 6) is 0. The minimum absolute atomic E-state index is 0.0950. The second-order valence-corrected chi connectivity index (χ2v) is 6.28. The predicted octanol–water partition coefficient (Wildman–Crippen LogP) is 2.00. The van der Waals surface area contributed by atoms with E-state index < -0.39 is 14.9 Å². The fourth-order valence-corrected chi connectivity index (χ4v) is 2.92. The van der Waals surface area contributed by atoms with Crippen molar-refractivity contribution in [2.75, 3.05) is 17.1 Å². The molecule has 0 spiro atoms. The van der Waals surface area contributed by atoms with Gasteiger partial charge < -0.3 is 5.73 Å². The SMILES string of the molecule is CN(c1ccc([N+](=O)[O-])cc1)S(=O)(=O)c1ccc(N)cc1. The second kappa shape index (κ2) is 5.41. The van der Waals surface area contributed by atoms with Crippen LogP contribution in [0.15, 0.2) is 53.4 Å². The van der Waals surface area contributed by atoms with Gasteiger partial charge in [0, 0.05) is 24.9 Å². The van der Waals surface area contributed by atoms with Crippen molar-refractivity contribution in [2.45, 2.75) is 4.90 Å². The first-order valence-corrected chi connectivity index (χ1v) is 7.35. The summed E-state index contributed by atoms with van der Waals surface area (Å²) in [4.78, 5) is 10.1. The number of non-ortho nitro benzene ring substituents is 1. The number of nitrogens with two attached hydrogens (primary N) is 1. The van der Waals surface area contributed by atoms with Crippen molar-refractivity contribution in [1.29, 1.82) is 0 Å². The Labute approximate surface area is 121 Å². The van der Waals surface area contributed by atoms with Gasteiger partial charge in [0.25, 0.3) is 15.7 Å². The number of hydrogen-bond acceptors (Lipinski definition) is 5. The van der Waals surface area contributed by atoms with Crippen LogP contribution in [0.5, 0.6) is 0 Å². The van der Waals surface area contributed by atoms with Gasteiger partial charge in [-0.1, -0.05) is 0 Å². The van der Waals surface area contributed by atoms with Gasteiger partial charge in [-0.2, -0.15) is 0 Å². The van der Waals surface area contributed by atoms with Crippen molar-refractivity contribution in [1.82, 2.24) is 0 Å². The summed E-state index contributed by atoms with van der Waals surface area (Å²) in [6.07, 6.45) is 0. The molecule has 0 heterocycles. The maximum Gasteiger partial charge on any atom is 0.269 e. The molecule has 0 radical (unpaired) electrons. The zero-order valence-corrected chi connectivity index (χ0v) is 11.9. The number of sulfonamides is 1. The first kappa shape index (κ1) is 14.8.